The van der Waals surface area contributed by atoms with Crippen LogP contribution < -0.4 is 15.1 Å². The highest BCUT2D eigenvalue weighted by Gasteiger charge is 2.31. The summed E-state index contributed by atoms with van der Waals surface area (Å²) in [6, 6.07) is 4.10. The van der Waals surface area contributed by atoms with Gasteiger partial charge in [0.2, 0.25) is 0 Å². The van der Waals surface area contributed by atoms with Gasteiger partial charge in [0.15, 0.2) is 6.29 Å². The topological polar surface area (TPSA) is 118 Å². The van der Waals surface area contributed by atoms with E-state index >= 15 is 0 Å². The molecule has 2 heterocycles. The lowest BCUT2D eigenvalue weighted by Gasteiger charge is -2.16. The van der Waals surface area contributed by atoms with Crippen LogP contribution in [0, 0.1) is 0 Å². The normalized spacial score (nSPS) is 19.1. The number of aliphatic hydroxyl groups is 1. The summed E-state index contributed by atoms with van der Waals surface area (Å²) < 4.78 is 48.0. The number of aromatic nitrogens is 2. The van der Waals surface area contributed by atoms with E-state index in [1.54, 1.807) is 25.0 Å². The third-order valence-corrected chi connectivity index (χ3v) is 4.75. The van der Waals surface area contributed by atoms with Crippen molar-refractivity contribution in [2.75, 3.05) is 25.3 Å². The minimum Gasteiger partial charge on any atom is -0.406 e. The van der Waals surface area contributed by atoms with E-state index in [9.17, 15) is 27.9 Å². The Morgan fingerprint density at radius 2 is 2.06 bits per heavy atom. The van der Waals surface area contributed by atoms with Crippen LogP contribution in [0.2, 0.25) is 0 Å². The molecule has 0 aliphatic carbocycles. The van der Waals surface area contributed by atoms with Gasteiger partial charge in [0.05, 0.1) is 48.5 Å². The van der Waals surface area contributed by atoms with Crippen molar-refractivity contribution in [1.82, 2.24) is 15.1 Å². The van der Waals surface area contributed by atoms with Gasteiger partial charge in [0.1, 0.15) is 5.75 Å². The number of halogens is 3. The zero-order chi connectivity index (χ0) is 24.9. The third-order valence-electron chi connectivity index (χ3n) is 4.75. The molecule has 0 saturated carbocycles. The molecule has 0 spiro atoms. The number of nitrogens with one attached hydrogen (secondary N) is 1. The first-order valence-electron chi connectivity index (χ1n) is 9.96. The highest BCUT2D eigenvalue weighted by molar-refractivity contribution is 6.19. The fourth-order valence-corrected chi connectivity index (χ4v) is 3.03. The zero-order valence-electron chi connectivity index (χ0n) is 18.2. The highest BCUT2D eigenvalue weighted by Crippen LogP contribution is 2.23. The van der Waals surface area contributed by atoms with Gasteiger partial charge in [-0.25, -0.2) is 0 Å². The number of carbonyl (C=O) groups is 2. The summed E-state index contributed by atoms with van der Waals surface area (Å²) >= 11 is 0. The molecule has 13 heteroatoms. The number of benzene rings is 1. The van der Waals surface area contributed by atoms with Crippen LogP contribution in [0.3, 0.4) is 0 Å². The number of anilines is 1. The Bertz CT molecular complexity index is 1080. The maximum absolute atomic E-state index is 12.6. The van der Waals surface area contributed by atoms with E-state index < -0.39 is 30.2 Å². The molecule has 0 bridgehead atoms. The van der Waals surface area contributed by atoms with Gasteiger partial charge >= 0.3 is 6.36 Å². The van der Waals surface area contributed by atoms with Crippen LogP contribution in [0.1, 0.15) is 5.56 Å². The number of amides is 1. The molecule has 1 aromatic carbocycles. The van der Waals surface area contributed by atoms with Crippen molar-refractivity contribution in [2.45, 2.75) is 18.5 Å². The number of aryl methyl sites for hydroxylation is 1. The molecule has 10 nitrogen and oxygen atoms in total. The molecule has 0 radical (unpaired) electrons. The quantitative estimate of drug-likeness (QED) is 0.145. The summed E-state index contributed by atoms with van der Waals surface area (Å²) in [6.45, 7) is 0.143. The molecule has 1 aliphatic heterocycles. The first-order chi connectivity index (χ1) is 16.1. The number of hydrogen-bond acceptors (Lipinski definition) is 8. The van der Waals surface area contributed by atoms with Crippen LogP contribution in [0.15, 0.2) is 53.4 Å². The molecule has 2 N–H and O–H groups in total. The Balaban J connectivity index is 1.94. The van der Waals surface area contributed by atoms with E-state index in [1.165, 1.54) is 29.4 Å². The lowest BCUT2D eigenvalue weighted by Crippen LogP contribution is -2.43. The summed E-state index contributed by atoms with van der Waals surface area (Å²) in [5, 5.41) is 22.2. The number of nitrogens with zero attached hydrogens (tertiary/aromatic N) is 4. The average molecular weight is 481 g/mol. The van der Waals surface area contributed by atoms with Gasteiger partial charge in [0.25, 0.3) is 5.91 Å². The van der Waals surface area contributed by atoms with Crippen LogP contribution in [0.25, 0.3) is 0 Å². The van der Waals surface area contributed by atoms with E-state index in [-0.39, 0.29) is 24.5 Å². The Morgan fingerprint density at radius 3 is 2.59 bits per heavy atom. The molecule has 34 heavy (non-hydrogen) atoms. The second-order valence-corrected chi connectivity index (χ2v) is 7.36. The number of aldehydes is 1. The molecule has 3 rings (SSSR count). The number of hydrazone groups is 1. The summed E-state index contributed by atoms with van der Waals surface area (Å²) in [7, 11) is 3.30. The van der Waals surface area contributed by atoms with Crippen LogP contribution in [0.5, 0.6) is 5.75 Å². The predicted octanol–water partition coefficient (Wildman–Crippen LogP) is 1.16. The van der Waals surface area contributed by atoms with Crippen molar-refractivity contribution < 1.29 is 37.3 Å². The van der Waals surface area contributed by atoms with Crippen molar-refractivity contribution in [2.24, 2.45) is 12.1 Å². The van der Waals surface area contributed by atoms with E-state index in [4.69, 9.17) is 4.74 Å². The lowest BCUT2D eigenvalue weighted by atomic mass is 10.1. The molecule has 2 unspecified atom stereocenters. The maximum Gasteiger partial charge on any atom is 0.573 e. The van der Waals surface area contributed by atoms with Gasteiger partial charge in [-0.3, -0.25) is 19.3 Å². The fraction of sp³-hybridized carbons (Fsp3) is 0.333. The van der Waals surface area contributed by atoms with E-state index in [0.29, 0.717) is 17.5 Å². The molecule has 1 saturated heterocycles. The van der Waals surface area contributed by atoms with Gasteiger partial charge in [-0.05, 0) is 30.3 Å². The standard InChI is InChI=1S/C21H22F3N5O5/c1-28-9-15(8-25-28)29(2)27-17(13-3-5-16(6-4-13)34-21(22,23)24)7-14(10-30)20(32)26-18-11-33-12-19(18)31/h3-10,18-19,31H,11-12H2,1-2H3,(H,26,32)/b14-7+,27-17+. The number of ether oxygens (including phenoxy) is 2. The zero-order valence-corrected chi connectivity index (χ0v) is 18.2. The first-order valence-corrected chi connectivity index (χ1v) is 9.96. The van der Waals surface area contributed by atoms with Crippen LogP contribution in [-0.2, 0) is 21.4 Å². The van der Waals surface area contributed by atoms with E-state index in [2.05, 4.69) is 20.3 Å². The van der Waals surface area contributed by atoms with Gasteiger partial charge in [-0.2, -0.15) is 10.2 Å². The largest absolute Gasteiger partial charge is 0.573 e. The molecule has 1 aromatic heterocycles. The summed E-state index contributed by atoms with van der Waals surface area (Å²) in [4.78, 5) is 24.3. The van der Waals surface area contributed by atoms with Crippen molar-refractivity contribution in [3.8, 4) is 5.75 Å². The minimum absolute atomic E-state index is 0.0556. The van der Waals surface area contributed by atoms with Crippen molar-refractivity contribution in [1.29, 1.82) is 0 Å². The molecule has 2 atom stereocenters. The van der Waals surface area contributed by atoms with Gasteiger partial charge < -0.3 is 19.9 Å². The van der Waals surface area contributed by atoms with E-state index in [0.717, 1.165) is 12.1 Å². The SMILES string of the molecule is CN(/N=C(\C=C(/C=O)C(=O)NC1COCC1O)c1ccc(OC(F)(F)F)cc1)c1cnn(C)c1. The Hall–Kier alpha value is -3.71. The van der Waals surface area contributed by atoms with Gasteiger partial charge in [-0.1, -0.05) is 0 Å². The monoisotopic (exact) mass is 481 g/mol. The van der Waals surface area contributed by atoms with Gasteiger partial charge in [-0.15, -0.1) is 13.2 Å². The molecule has 182 valence electrons. The summed E-state index contributed by atoms with van der Waals surface area (Å²) in [5.41, 5.74) is 0.675. The second kappa shape index (κ2) is 10.5. The molecular weight excluding hydrogens is 459 g/mol. The molecule has 1 fully saturated rings. The molecular formula is C21H22F3N5O5. The van der Waals surface area contributed by atoms with Crippen molar-refractivity contribution in [3.63, 3.8) is 0 Å². The Morgan fingerprint density at radius 1 is 1.35 bits per heavy atom. The molecule has 1 aliphatic rings. The Labute approximate surface area is 192 Å². The third kappa shape index (κ3) is 6.65. The number of alkyl halides is 3. The highest BCUT2D eigenvalue weighted by atomic mass is 19.4. The Kier molecular flexibility index (Phi) is 7.68. The van der Waals surface area contributed by atoms with Crippen LogP contribution >= 0.6 is 0 Å². The lowest BCUT2D eigenvalue weighted by molar-refractivity contribution is -0.274. The summed E-state index contributed by atoms with van der Waals surface area (Å²) in [6.07, 6.45) is -1.06. The van der Waals surface area contributed by atoms with Gasteiger partial charge in [0, 0.05) is 25.9 Å². The first kappa shape index (κ1) is 24.9. The number of rotatable bonds is 8. The second-order valence-electron chi connectivity index (χ2n) is 7.36. The van der Waals surface area contributed by atoms with Crippen LogP contribution in [-0.4, -0.2) is 71.6 Å². The number of allylic oxidation sites excluding steroid dienone is 1. The number of carbonyl (C=O) groups excluding carboxylic acids is 2. The molecule has 1 amide bonds. The van der Waals surface area contributed by atoms with E-state index in [1.807, 2.05) is 0 Å². The van der Waals surface area contributed by atoms with Crippen molar-refractivity contribution in [3.05, 3.63) is 53.9 Å². The number of aliphatic hydroxyl groups excluding tert-OH is 1. The summed E-state index contributed by atoms with van der Waals surface area (Å²) in [5.74, 6) is -1.21. The smallest absolute Gasteiger partial charge is 0.406 e. The van der Waals surface area contributed by atoms with Crippen LogP contribution in [0.4, 0.5) is 18.9 Å². The predicted molar refractivity (Wildman–Crippen MR) is 114 cm³/mol. The molecule has 2 aromatic rings. The maximum atomic E-state index is 12.6. The minimum atomic E-state index is -4.85. The van der Waals surface area contributed by atoms with Crippen molar-refractivity contribution >= 4 is 23.6 Å². The fourth-order valence-electron chi connectivity index (χ4n) is 3.03. The number of hydrogen-bond donors (Lipinski definition) is 2. The average Bonchev–Trinajstić information content (AvgIpc) is 3.38.